The molecule has 0 bridgehead atoms. The van der Waals surface area contributed by atoms with Gasteiger partial charge in [-0.25, -0.2) is 0 Å². The molecule has 0 spiro atoms. The number of phenolic OH excluding ortho intramolecular Hbond substituents is 1. The van der Waals surface area contributed by atoms with Crippen molar-refractivity contribution < 1.29 is 14.6 Å². The molecule has 2 rings (SSSR count). The van der Waals surface area contributed by atoms with Crippen LogP contribution in [0.15, 0.2) is 36.4 Å². The molecule has 21 heavy (non-hydrogen) atoms. The molecule has 0 fully saturated rings. The number of halogens is 2. The van der Waals surface area contributed by atoms with E-state index in [9.17, 15) is 9.90 Å². The quantitative estimate of drug-likeness (QED) is 0.798. The molecule has 110 valence electrons. The lowest BCUT2D eigenvalue weighted by molar-refractivity contribution is 0.0985. The summed E-state index contributed by atoms with van der Waals surface area (Å²) in [4.78, 5) is 11.6. The van der Waals surface area contributed by atoms with E-state index in [0.717, 1.165) is 5.56 Å². The number of Topliss-reactive ketones (excluding diaryl/α,β-unsaturated/α-hetero) is 1. The number of carbonyl (C=O) groups excluding carboxylic acids is 1. The van der Waals surface area contributed by atoms with E-state index in [1.807, 2.05) is 6.07 Å². The zero-order valence-electron chi connectivity index (χ0n) is 11.4. The summed E-state index contributed by atoms with van der Waals surface area (Å²) in [5.74, 6) is 0.295. The van der Waals surface area contributed by atoms with Crippen molar-refractivity contribution in [2.75, 3.05) is 0 Å². The average molecular weight is 325 g/mol. The fraction of sp³-hybridized carbons (Fsp3) is 0.188. The van der Waals surface area contributed by atoms with Crippen LogP contribution in [0, 0.1) is 0 Å². The van der Waals surface area contributed by atoms with Crippen molar-refractivity contribution in [1.82, 2.24) is 0 Å². The van der Waals surface area contributed by atoms with Crippen LogP contribution >= 0.6 is 23.2 Å². The molecule has 5 heteroatoms. The Kier molecular flexibility index (Phi) is 5.10. The SMILES string of the molecule is CCC(=O)c1ccc(OCc2ccc(Cl)c(Cl)c2)cc1O. The Labute approximate surface area is 133 Å². The van der Waals surface area contributed by atoms with Crippen LogP contribution in [0.1, 0.15) is 29.3 Å². The van der Waals surface area contributed by atoms with Gasteiger partial charge in [-0.05, 0) is 29.8 Å². The molecule has 0 aromatic heterocycles. The van der Waals surface area contributed by atoms with Gasteiger partial charge in [-0.2, -0.15) is 0 Å². The zero-order chi connectivity index (χ0) is 15.4. The van der Waals surface area contributed by atoms with Gasteiger partial charge in [0, 0.05) is 12.5 Å². The molecule has 0 amide bonds. The molecule has 0 aliphatic carbocycles. The third-order valence-corrected chi connectivity index (χ3v) is 3.72. The maximum atomic E-state index is 11.6. The molecular weight excluding hydrogens is 311 g/mol. The second-order valence-corrected chi connectivity index (χ2v) is 5.31. The van der Waals surface area contributed by atoms with Crippen molar-refractivity contribution in [1.29, 1.82) is 0 Å². The number of rotatable bonds is 5. The fourth-order valence-corrected chi connectivity index (χ4v) is 2.14. The van der Waals surface area contributed by atoms with Gasteiger partial charge in [0.2, 0.25) is 0 Å². The number of carbonyl (C=O) groups is 1. The molecule has 0 unspecified atom stereocenters. The summed E-state index contributed by atoms with van der Waals surface area (Å²) < 4.78 is 5.56. The van der Waals surface area contributed by atoms with E-state index in [4.69, 9.17) is 27.9 Å². The maximum Gasteiger partial charge on any atom is 0.166 e. The maximum absolute atomic E-state index is 11.6. The van der Waals surface area contributed by atoms with E-state index < -0.39 is 0 Å². The summed E-state index contributed by atoms with van der Waals surface area (Å²) in [6.07, 6.45) is 0.344. The lowest BCUT2D eigenvalue weighted by Crippen LogP contribution is -1.99. The van der Waals surface area contributed by atoms with E-state index in [0.29, 0.717) is 27.8 Å². The number of ether oxygens (including phenoxy) is 1. The molecular formula is C16H14Cl2O3. The minimum atomic E-state index is -0.108. The van der Waals surface area contributed by atoms with Gasteiger partial charge in [0.1, 0.15) is 18.1 Å². The van der Waals surface area contributed by atoms with E-state index in [-0.39, 0.29) is 18.1 Å². The zero-order valence-corrected chi connectivity index (χ0v) is 12.9. The number of hydrogen-bond donors (Lipinski definition) is 1. The van der Waals surface area contributed by atoms with E-state index in [1.165, 1.54) is 6.07 Å². The first-order valence-corrected chi connectivity index (χ1v) is 7.19. The second kappa shape index (κ2) is 6.83. The Morgan fingerprint density at radius 3 is 2.52 bits per heavy atom. The highest BCUT2D eigenvalue weighted by Crippen LogP contribution is 2.26. The van der Waals surface area contributed by atoms with Crippen LogP contribution in [0.3, 0.4) is 0 Å². The summed E-state index contributed by atoms with van der Waals surface area (Å²) in [5.41, 5.74) is 1.16. The lowest BCUT2D eigenvalue weighted by Gasteiger charge is -2.09. The molecule has 0 atom stereocenters. The number of phenols is 1. The Bertz CT molecular complexity index is 669. The van der Waals surface area contributed by atoms with Crippen LogP contribution in [-0.4, -0.2) is 10.9 Å². The summed E-state index contributed by atoms with van der Waals surface area (Å²) in [6, 6.07) is 9.87. The van der Waals surface area contributed by atoms with Gasteiger partial charge in [0.25, 0.3) is 0 Å². The van der Waals surface area contributed by atoms with E-state index in [2.05, 4.69) is 0 Å². The molecule has 0 saturated carbocycles. The third-order valence-electron chi connectivity index (χ3n) is 2.98. The number of aromatic hydroxyl groups is 1. The molecule has 0 radical (unpaired) electrons. The first kappa shape index (κ1) is 15.7. The van der Waals surface area contributed by atoms with Crippen LogP contribution < -0.4 is 4.74 Å². The van der Waals surface area contributed by atoms with Crippen LogP contribution in [0.5, 0.6) is 11.5 Å². The fourth-order valence-electron chi connectivity index (χ4n) is 1.82. The predicted molar refractivity (Wildman–Crippen MR) is 83.5 cm³/mol. The molecule has 1 N–H and O–H groups in total. The molecule has 2 aromatic carbocycles. The van der Waals surface area contributed by atoms with Crippen molar-refractivity contribution >= 4 is 29.0 Å². The Morgan fingerprint density at radius 2 is 1.90 bits per heavy atom. The third kappa shape index (κ3) is 3.90. The first-order chi connectivity index (χ1) is 10.0. The number of hydrogen-bond acceptors (Lipinski definition) is 3. The highest BCUT2D eigenvalue weighted by atomic mass is 35.5. The first-order valence-electron chi connectivity index (χ1n) is 6.44. The van der Waals surface area contributed by atoms with Crippen molar-refractivity contribution in [3.05, 3.63) is 57.6 Å². The van der Waals surface area contributed by atoms with Gasteiger partial charge in [0.05, 0.1) is 15.6 Å². The largest absolute Gasteiger partial charge is 0.507 e. The van der Waals surface area contributed by atoms with E-state index in [1.54, 1.807) is 31.2 Å². The van der Waals surface area contributed by atoms with Crippen molar-refractivity contribution in [3.63, 3.8) is 0 Å². The molecule has 0 heterocycles. The average Bonchev–Trinajstić information content (AvgIpc) is 2.48. The van der Waals surface area contributed by atoms with Crippen molar-refractivity contribution in [2.24, 2.45) is 0 Å². The summed E-state index contributed by atoms with van der Waals surface area (Å²) in [6.45, 7) is 2.04. The molecule has 3 nitrogen and oxygen atoms in total. The smallest absolute Gasteiger partial charge is 0.166 e. The van der Waals surface area contributed by atoms with Gasteiger partial charge in [-0.1, -0.05) is 36.2 Å². The molecule has 0 aliphatic heterocycles. The van der Waals surface area contributed by atoms with Crippen LogP contribution in [0.4, 0.5) is 0 Å². The Hall–Kier alpha value is -1.71. The van der Waals surface area contributed by atoms with Crippen molar-refractivity contribution in [2.45, 2.75) is 20.0 Å². The molecule has 2 aromatic rings. The van der Waals surface area contributed by atoms with Gasteiger partial charge in [-0.3, -0.25) is 4.79 Å². The highest BCUT2D eigenvalue weighted by molar-refractivity contribution is 6.42. The topological polar surface area (TPSA) is 46.5 Å². The number of benzene rings is 2. The summed E-state index contributed by atoms with van der Waals surface area (Å²) in [7, 11) is 0. The highest BCUT2D eigenvalue weighted by Gasteiger charge is 2.10. The Morgan fingerprint density at radius 1 is 1.14 bits per heavy atom. The van der Waals surface area contributed by atoms with E-state index >= 15 is 0 Å². The minimum Gasteiger partial charge on any atom is -0.507 e. The standard InChI is InChI=1S/C16H14Cl2O3/c1-2-15(19)12-5-4-11(8-16(12)20)21-9-10-3-6-13(17)14(18)7-10/h3-8,20H,2,9H2,1H3. The Balaban J connectivity index is 2.08. The van der Waals surface area contributed by atoms with Crippen LogP contribution in [0.2, 0.25) is 10.0 Å². The predicted octanol–water partition coefficient (Wildman–Crippen LogP) is 4.87. The van der Waals surface area contributed by atoms with Gasteiger partial charge in [0.15, 0.2) is 5.78 Å². The second-order valence-electron chi connectivity index (χ2n) is 4.49. The summed E-state index contributed by atoms with van der Waals surface area (Å²) in [5, 5.41) is 10.8. The van der Waals surface area contributed by atoms with Gasteiger partial charge in [-0.15, -0.1) is 0 Å². The normalized spacial score (nSPS) is 10.4. The number of ketones is 1. The summed E-state index contributed by atoms with van der Waals surface area (Å²) >= 11 is 11.8. The van der Waals surface area contributed by atoms with Gasteiger partial charge < -0.3 is 9.84 Å². The molecule has 0 saturated heterocycles. The van der Waals surface area contributed by atoms with Gasteiger partial charge >= 0.3 is 0 Å². The monoisotopic (exact) mass is 324 g/mol. The lowest BCUT2D eigenvalue weighted by atomic mass is 10.1. The minimum absolute atomic E-state index is 0.0755. The van der Waals surface area contributed by atoms with Crippen LogP contribution in [-0.2, 0) is 6.61 Å². The van der Waals surface area contributed by atoms with Crippen molar-refractivity contribution in [3.8, 4) is 11.5 Å². The molecule has 0 aliphatic rings. The van der Waals surface area contributed by atoms with Crippen LogP contribution in [0.25, 0.3) is 0 Å².